The van der Waals surface area contributed by atoms with E-state index < -0.39 is 0 Å². The molecule has 0 fully saturated rings. The molecule has 0 saturated heterocycles. The van der Waals surface area contributed by atoms with Crippen LogP contribution in [0.2, 0.25) is 0 Å². The highest BCUT2D eigenvalue weighted by atomic mass is 19.1. The first-order valence-electron chi connectivity index (χ1n) is 11.4. The van der Waals surface area contributed by atoms with Crippen molar-refractivity contribution in [1.82, 2.24) is 4.90 Å². The van der Waals surface area contributed by atoms with E-state index in [1.54, 1.807) is 39.5 Å². The van der Waals surface area contributed by atoms with Gasteiger partial charge in [0.25, 0.3) is 0 Å². The van der Waals surface area contributed by atoms with Gasteiger partial charge in [-0.25, -0.2) is 4.39 Å². The van der Waals surface area contributed by atoms with Gasteiger partial charge in [-0.05, 0) is 66.4 Å². The van der Waals surface area contributed by atoms with Crippen molar-refractivity contribution in [2.75, 3.05) is 27.9 Å². The number of hydrogen-bond donors (Lipinski definition) is 0. The van der Waals surface area contributed by atoms with Crippen LogP contribution in [0.3, 0.4) is 0 Å². The fourth-order valence-corrected chi connectivity index (χ4v) is 4.88. The molecule has 1 atom stereocenters. The number of methoxy groups -OCH3 is 3. The molecule has 3 aromatic carbocycles. The zero-order valence-electron chi connectivity index (χ0n) is 19.9. The van der Waals surface area contributed by atoms with E-state index in [9.17, 15) is 4.39 Å². The van der Waals surface area contributed by atoms with Crippen molar-refractivity contribution in [2.45, 2.75) is 25.9 Å². The third kappa shape index (κ3) is 3.78. The largest absolute Gasteiger partial charge is 0.493 e. The quantitative estimate of drug-likeness (QED) is 0.333. The minimum Gasteiger partial charge on any atom is -0.493 e. The summed E-state index contributed by atoms with van der Waals surface area (Å²) in [5.41, 5.74) is 4.71. The average molecular weight is 462 g/mol. The monoisotopic (exact) mass is 461 g/mol. The first-order valence-corrected chi connectivity index (χ1v) is 11.4. The van der Waals surface area contributed by atoms with Gasteiger partial charge in [0, 0.05) is 24.5 Å². The van der Waals surface area contributed by atoms with Crippen LogP contribution >= 0.6 is 0 Å². The van der Waals surface area contributed by atoms with E-state index in [2.05, 4.69) is 30.0 Å². The Bertz CT molecular complexity index is 1350. The molecule has 0 amide bonds. The Balaban J connectivity index is 1.51. The zero-order valence-corrected chi connectivity index (χ0v) is 19.9. The van der Waals surface area contributed by atoms with Gasteiger partial charge in [0.05, 0.1) is 26.9 Å². The van der Waals surface area contributed by atoms with E-state index in [-0.39, 0.29) is 11.9 Å². The highest BCUT2D eigenvalue weighted by Gasteiger charge is 2.27. The average Bonchev–Trinajstić information content (AvgIpc) is 3.31. The molecule has 0 N–H and O–H groups in total. The van der Waals surface area contributed by atoms with Gasteiger partial charge < -0.3 is 18.6 Å². The molecule has 1 aliphatic rings. The fourth-order valence-electron chi connectivity index (χ4n) is 4.88. The number of halogens is 1. The van der Waals surface area contributed by atoms with Gasteiger partial charge >= 0.3 is 0 Å². The molecule has 0 spiro atoms. The van der Waals surface area contributed by atoms with E-state index in [0.29, 0.717) is 22.7 Å². The Kier molecular flexibility index (Phi) is 5.92. The van der Waals surface area contributed by atoms with Crippen LogP contribution in [0, 0.1) is 5.82 Å². The lowest BCUT2D eigenvalue weighted by atomic mass is 9.92. The molecule has 176 valence electrons. The Labute approximate surface area is 198 Å². The molecule has 0 aliphatic carbocycles. The van der Waals surface area contributed by atoms with Gasteiger partial charge in [-0.3, -0.25) is 4.90 Å². The van der Waals surface area contributed by atoms with Crippen LogP contribution < -0.4 is 14.2 Å². The second-order valence-electron chi connectivity index (χ2n) is 8.56. The van der Waals surface area contributed by atoms with Crippen molar-refractivity contribution >= 4 is 11.0 Å². The number of furan rings is 1. The third-order valence-electron chi connectivity index (χ3n) is 6.78. The maximum Gasteiger partial charge on any atom is 0.176 e. The van der Waals surface area contributed by atoms with Gasteiger partial charge in [-0.2, -0.15) is 0 Å². The Morgan fingerprint density at radius 1 is 0.941 bits per heavy atom. The fraction of sp³-hybridized carbons (Fsp3) is 0.286. The maximum atomic E-state index is 14.4. The Morgan fingerprint density at radius 2 is 1.68 bits per heavy atom. The molecular formula is C28H28FNO4. The highest BCUT2D eigenvalue weighted by Crippen LogP contribution is 2.40. The highest BCUT2D eigenvalue weighted by molar-refractivity contribution is 5.90. The van der Waals surface area contributed by atoms with Crippen molar-refractivity contribution in [3.63, 3.8) is 0 Å². The normalized spacial score (nSPS) is 15.9. The van der Waals surface area contributed by atoms with Gasteiger partial charge in [0.15, 0.2) is 22.8 Å². The van der Waals surface area contributed by atoms with Crippen molar-refractivity contribution in [1.29, 1.82) is 0 Å². The summed E-state index contributed by atoms with van der Waals surface area (Å²) in [6.07, 6.45) is 0.922. The first-order chi connectivity index (χ1) is 16.5. The van der Waals surface area contributed by atoms with E-state index in [1.165, 1.54) is 17.2 Å². The van der Waals surface area contributed by atoms with Crippen molar-refractivity contribution in [2.24, 2.45) is 0 Å². The lowest BCUT2D eigenvalue weighted by molar-refractivity contribution is 0.189. The van der Waals surface area contributed by atoms with E-state index in [1.807, 2.05) is 12.1 Å². The van der Waals surface area contributed by atoms with Crippen LogP contribution in [0.1, 0.15) is 29.7 Å². The zero-order chi connectivity index (χ0) is 23.8. The second kappa shape index (κ2) is 9.03. The number of benzene rings is 3. The molecule has 1 aromatic heterocycles. The molecule has 4 aromatic rings. The van der Waals surface area contributed by atoms with E-state index >= 15 is 0 Å². The van der Waals surface area contributed by atoms with E-state index in [0.717, 1.165) is 42.0 Å². The third-order valence-corrected chi connectivity index (χ3v) is 6.78. The van der Waals surface area contributed by atoms with Crippen LogP contribution in [0.15, 0.2) is 59.0 Å². The number of hydrogen-bond acceptors (Lipinski definition) is 5. The van der Waals surface area contributed by atoms with Gasteiger partial charge in [-0.15, -0.1) is 0 Å². The lowest BCUT2D eigenvalue weighted by Gasteiger charge is -2.36. The standard InChI is InChI=1S/C28H28FNO4/c1-17-21-14-27(33-4)26(32-3)13-18(21)11-12-30(17)16-19-9-10-24(31-2)28-22(19)15-25(34-28)20-7-5-6-8-23(20)29/h5-10,13-15,17H,11-12,16H2,1-4H3. The Morgan fingerprint density at radius 3 is 2.41 bits per heavy atom. The smallest absolute Gasteiger partial charge is 0.176 e. The molecule has 0 saturated carbocycles. The summed E-state index contributed by atoms with van der Waals surface area (Å²) in [5.74, 6) is 2.32. The van der Waals surface area contributed by atoms with Crippen LogP contribution in [-0.4, -0.2) is 32.8 Å². The number of nitrogens with zero attached hydrogens (tertiary/aromatic N) is 1. The topological polar surface area (TPSA) is 44.1 Å². The predicted octanol–water partition coefficient (Wildman–Crippen LogP) is 6.38. The van der Waals surface area contributed by atoms with Crippen molar-refractivity contribution < 1.29 is 23.0 Å². The maximum absolute atomic E-state index is 14.4. The van der Waals surface area contributed by atoms with Crippen LogP contribution in [0.5, 0.6) is 17.2 Å². The molecular weight excluding hydrogens is 433 g/mol. The molecule has 1 unspecified atom stereocenters. The lowest BCUT2D eigenvalue weighted by Crippen LogP contribution is -2.33. The molecule has 0 radical (unpaired) electrons. The summed E-state index contributed by atoms with van der Waals surface area (Å²) < 4.78 is 37.1. The molecule has 0 bridgehead atoms. The van der Waals surface area contributed by atoms with Gasteiger partial charge in [0.2, 0.25) is 0 Å². The Hall–Kier alpha value is -3.51. The van der Waals surface area contributed by atoms with Crippen LogP contribution in [0.4, 0.5) is 4.39 Å². The van der Waals surface area contributed by atoms with Crippen LogP contribution in [0.25, 0.3) is 22.3 Å². The number of ether oxygens (including phenoxy) is 3. The predicted molar refractivity (Wildman–Crippen MR) is 130 cm³/mol. The number of fused-ring (bicyclic) bond motifs is 2. The molecule has 6 heteroatoms. The van der Waals surface area contributed by atoms with Crippen molar-refractivity contribution in [3.8, 4) is 28.6 Å². The minimum atomic E-state index is -0.312. The minimum absolute atomic E-state index is 0.193. The van der Waals surface area contributed by atoms with Crippen molar-refractivity contribution in [3.05, 3.63) is 77.1 Å². The first kappa shape index (κ1) is 22.3. The van der Waals surface area contributed by atoms with Crippen LogP contribution in [-0.2, 0) is 13.0 Å². The van der Waals surface area contributed by atoms with E-state index in [4.69, 9.17) is 18.6 Å². The summed E-state index contributed by atoms with van der Waals surface area (Å²) in [5, 5.41) is 0.933. The van der Waals surface area contributed by atoms with Gasteiger partial charge in [0.1, 0.15) is 11.6 Å². The molecule has 5 rings (SSSR count). The molecule has 2 heterocycles. The molecule has 1 aliphatic heterocycles. The summed E-state index contributed by atoms with van der Waals surface area (Å²) >= 11 is 0. The van der Waals surface area contributed by atoms with Gasteiger partial charge in [-0.1, -0.05) is 18.2 Å². The summed E-state index contributed by atoms with van der Waals surface area (Å²) in [4.78, 5) is 2.44. The molecule has 34 heavy (non-hydrogen) atoms. The molecule has 5 nitrogen and oxygen atoms in total. The SMILES string of the molecule is COc1cc2c(cc1OC)C(C)N(Cc1ccc(OC)c3oc(-c4ccccc4F)cc13)CC2. The number of rotatable bonds is 6. The summed E-state index contributed by atoms with van der Waals surface area (Å²) in [7, 11) is 4.94. The summed E-state index contributed by atoms with van der Waals surface area (Å²) in [6, 6.07) is 16.9. The summed E-state index contributed by atoms with van der Waals surface area (Å²) in [6.45, 7) is 3.85. The second-order valence-corrected chi connectivity index (χ2v) is 8.56.